The van der Waals surface area contributed by atoms with E-state index in [9.17, 15) is 31.5 Å². The predicted octanol–water partition coefficient (Wildman–Crippen LogP) is 3.47. The molecule has 1 aromatic carbocycles. The highest BCUT2D eigenvalue weighted by Crippen LogP contribution is 2.39. The highest BCUT2D eigenvalue weighted by Gasteiger charge is 2.47. The number of hydrogen-bond acceptors (Lipinski definition) is 5. The minimum atomic E-state index is -4.85. The van der Waals surface area contributed by atoms with Gasteiger partial charge in [0.2, 0.25) is 0 Å². The molecular weight excluding hydrogens is 435 g/mol. The van der Waals surface area contributed by atoms with Crippen LogP contribution in [0.4, 0.5) is 19.0 Å². The average Bonchev–Trinajstić information content (AvgIpc) is 3.24. The van der Waals surface area contributed by atoms with Crippen molar-refractivity contribution >= 4 is 21.6 Å². The van der Waals surface area contributed by atoms with Crippen molar-refractivity contribution in [1.82, 2.24) is 9.78 Å². The summed E-state index contributed by atoms with van der Waals surface area (Å²) in [6.45, 7) is 7.06. The van der Waals surface area contributed by atoms with Crippen LogP contribution in [0.2, 0.25) is 0 Å². The van der Waals surface area contributed by atoms with Crippen molar-refractivity contribution < 1.29 is 31.5 Å². The third-order valence-corrected chi connectivity index (χ3v) is 7.42. The van der Waals surface area contributed by atoms with Crippen LogP contribution in [0.3, 0.4) is 0 Å². The first-order chi connectivity index (χ1) is 14.1. The fraction of sp³-hybridized carbons (Fsp3) is 0.500. The molecule has 1 N–H and O–H groups in total. The van der Waals surface area contributed by atoms with Crippen LogP contribution in [0.15, 0.2) is 35.2 Å². The summed E-state index contributed by atoms with van der Waals surface area (Å²) in [6, 6.07) is 4.41. The van der Waals surface area contributed by atoms with Crippen molar-refractivity contribution in [2.45, 2.75) is 62.0 Å². The van der Waals surface area contributed by atoms with Gasteiger partial charge in [0, 0.05) is 12.6 Å². The Morgan fingerprint density at radius 2 is 1.81 bits per heavy atom. The van der Waals surface area contributed by atoms with E-state index in [2.05, 4.69) is 5.10 Å². The summed E-state index contributed by atoms with van der Waals surface area (Å²) in [6.07, 6.45) is -5.19. The third-order valence-electron chi connectivity index (χ3n) is 5.23. The maximum Gasteiger partial charge on any atom is 0.417 e. The zero-order valence-corrected chi connectivity index (χ0v) is 18.3. The number of hydrogen-bond donors (Lipinski definition) is 1. The van der Waals surface area contributed by atoms with E-state index in [4.69, 9.17) is 0 Å². The van der Waals surface area contributed by atoms with Crippen LogP contribution in [0.1, 0.15) is 38.4 Å². The standard InChI is InChI=1S/C20H24F3N3O4S/c1-12-9-17(26(24-12)19(2,3)4)25-11-13(10-15(25)18(27)28)31(29,30)16-8-6-5-7-14(16)20(21,22)23/h5-9,13,15H,10-11H2,1-4H3,(H,27,28). The van der Waals surface area contributed by atoms with Gasteiger partial charge in [0.05, 0.1) is 26.9 Å². The number of rotatable bonds is 4. The maximum atomic E-state index is 13.4. The minimum absolute atomic E-state index is 0.257. The molecule has 0 bridgehead atoms. The van der Waals surface area contributed by atoms with E-state index in [-0.39, 0.29) is 13.0 Å². The van der Waals surface area contributed by atoms with Crippen LogP contribution >= 0.6 is 0 Å². The number of anilines is 1. The molecule has 170 valence electrons. The SMILES string of the molecule is Cc1cc(N2CC(S(=O)(=O)c3ccccc3C(F)(F)F)CC2C(=O)O)n(C(C)(C)C)n1. The van der Waals surface area contributed by atoms with Crippen LogP contribution in [-0.2, 0) is 26.3 Å². The lowest BCUT2D eigenvalue weighted by Crippen LogP contribution is -2.39. The number of nitrogens with zero attached hydrogens (tertiary/aromatic N) is 3. The van der Waals surface area contributed by atoms with Gasteiger partial charge in [-0.2, -0.15) is 18.3 Å². The first-order valence-corrected chi connectivity index (χ1v) is 11.2. The molecule has 0 amide bonds. The summed E-state index contributed by atoms with van der Waals surface area (Å²) in [5.74, 6) is -0.833. The third kappa shape index (κ3) is 4.28. The van der Waals surface area contributed by atoms with Crippen molar-refractivity contribution in [2.75, 3.05) is 11.4 Å². The number of carboxylic acid groups (broad SMARTS) is 1. The fourth-order valence-electron chi connectivity index (χ4n) is 3.82. The molecule has 31 heavy (non-hydrogen) atoms. The monoisotopic (exact) mass is 459 g/mol. The molecule has 3 rings (SSSR count). The Hall–Kier alpha value is -2.56. The molecule has 11 heteroatoms. The highest BCUT2D eigenvalue weighted by atomic mass is 32.2. The lowest BCUT2D eigenvalue weighted by Gasteiger charge is -2.29. The second-order valence-electron chi connectivity index (χ2n) is 8.63. The van der Waals surface area contributed by atoms with Crippen molar-refractivity contribution in [3.8, 4) is 0 Å². The molecule has 0 aliphatic carbocycles. The van der Waals surface area contributed by atoms with Crippen molar-refractivity contribution in [1.29, 1.82) is 0 Å². The molecular formula is C20H24F3N3O4S. The van der Waals surface area contributed by atoms with E-state index < -0.39 is 49.3 Å². The van der Waals surface area contributed by atoms with Gasteiger partial charge in [-0.1, -0.05) is 12.1 Å². The Labute approximate surface area is 178 Å². The topological polar surface area (TPSA) is 92.5 Å². The number of sulfone groups is 1. The Morgan fingerprint density at radius 3 is 2.35 bits per heavy atom. The molecule has 2 unspecified atom stereocenters. The Kier molecular flexibility index (Phi) is 5.62. The van der Waals surface area contributed by atoms with Crippen molar-refractivity contribution in [2.24, 2.45) is 0 Å². The Bertz CT molecular complexity index is 1100. The van der Waals surface area contributed by atoms with E-state index in [1.54, 1.807) is 17.7 Å². The zero-order chi connectivity index (χ0) is 23.4. The van der Waals surface area contributed by atoms with E-state index in [1.807, 2.05) is 20.8 Å². The number of benzene rings is 1. The molecule has 0 spiro atoms. The molecule has 1 aliphatic rings. The van der Waals surface area contributed by atoms with E-state index >= 15 is 0 Å². The van der Waals surface area contributed by atoms with Gasteiger partial charge < -0.3 is 10.0 Å². The predicted molar refractivity (Wildman–Crippen MR) is 108 cm³/mol. The van der Waals surface area contributed by atoms with E-state index in [0.717, 1.165) is 12.1 Å². The number of alkyl halides is 3. The molecule has 2 heterocycles. The van der Waals surface area contributed by atoms with Crippen molar-refractivity contribution in [3.05, 3.63) is 41.6 Å². The molecule has 1 aliphatic heterocycles. The molecule has 0 saturated carbocycles. The quantitative estimate of drug-likeness (QED) is 0.753. The molecule has 0 radical (unpaired) electrons. The smallest absolute Gasteiger partial charge is 0.417 e. The zero-order valence-electron chi connectivity index (χ0n) is 17.5. The number of aryl methyl sites for hydroxylation is 1. The van der Waals surface area contributed by atoms with Crippen LogP contribution in [0.5, 0.6) is 0 Å². The number of aliphatic carboxylic acids is 1. The number of carboxylic acids is 1. The average molecular weight is 459 g/mol. The lowest BCUT2D eigenvalue weighted by molar-refractivity contribution is -0.140. The number of aromatic nitrogens is 2. The minimum Gasteiger partial charge on any atom is -0.480 e. The molecule has 1 fully saturated rings. The second-order valence-corrected chi connectivity index (χ2v) is 10.8. The van der Waals surface area contributed by atoms with Crippen LogP contribution in [-0.4, -0.2) is 47.1 Å². The van der Waals surface area contributed by atoms with Gasteiger partial charge in [-0.3, -0.25) is 0 Å². The summed E-state index contributed by atoms with van der Waals surface area (Å²) >= 11 is 0. The normalized spacial score (nSPS) is 20.3. The van der Waals surface area contributed by atoms with E-state index in [0.29, 0.717) is 17.6 Å². The summed E-state index contributed by atoms with van der Waals surface area (Å²) in [7, 11) is -4.46. The second kappa shape index (κ2) is 7.54. The Morgan fingerprint density at radius 1 is 1.19 bits per heavy atom. The summed E-state index contributed by atoms with van der Waals surface area (Å²) in [5, 5.41) is 12.8. The molecule has 2 aromatic rings. The summed E-state index contributed by atoms with van der Waals surface area (Å²) in [4.78, 5) is 12.5. The van der Waals surface area contributed by atoms with Gasteiger partial charge in [0.1, 0.15) is 11.9 Å². The first-order valence-electron chi connectivity index (χ1n) is 9.60. The van der Waals surface area contributed by atoms with Gasteiger partial charge in [-0.15, -0.1) is 0 Å². The van der Waals surface area contributed by atoms with Gasteiger partial charge in [0.15, 0.2) is 9.84 Å². The van der Waals surface area contributed by atoms with Gasteiger partial charge >= 0.3 is 12.1 Å². The van der Waals surface area contributed by atoms with Crippen LogP contribution in [0, 0.1) is 6.92 Å². The van der Waals surface area contributed by atoms with Gasteiger partial charge in [-0.25, -0.2) is 17.9 Å². The van der Waals surface area contributed by atoms with E-state index in [1.165, 1.54) is 11.0 Å². The molecule has 2 atom stereocenters. The largest absolute Gasteiger partial charge is 0.480 e. The molecule has 1 aromatic heterocycles. The molecule has 7 nitrogen and oxygen atoms in total. The van der Waals surface area contributed by atoms with Crippen LogP contribution < -0.4 is 4.90 Å². The first kappa shape index (κ1) is 23.1. The fourth-order valence-corrected chi connectivity index (χ4v) is 5.73. The number of halogens is 3. The summed E-state index contributed by atoms with van der Waals surface area (Å²) < 4.78 is 68.2. The maximum absolute atomic E-state index is 13.4. The van der Waals surface area contributed by atoms with Gasteiger partial charge in [-0.05, 0) is 46.2 Å². The highest BCUT2D eigenvalue weighted by molar-refractivity contribution is 7.92. The van der Waals surface area contributed by atoms with Gasteiger partial charge in [0.25, 0.3) is 0 Å². The van der Waals surface area contributed by atoms with Crippen LogP contribution in [0.25, 0.3) is 0 Å². The Balaban J connectivity index is 2.07. The van der Waals surface area contributed by atoms with Crippen molar-refractivity contribution in [3.63, 3.8) is 0 Å². The lowest BCUT2D eigenvalue weighted by atomic mass is 10.1. The molecule has 1 saturated heterocycles. The summed E-state index contributed by atoms with van der Waals surface area (Å²) in [5.41, 5.74) is -1.16. The number of carbonyl (C=O) groups is 1.